The third-order valence-electron chi connectivity index (χ3n) is 6.10. The Labute approximate surface area is 243 Å². The van der Waals surface area contributed by atoms with Crippen LogP contribution in [0.3, 0.4) is 0 Å². The number of H-pyrrole nitrogens is 1. The van der Waals surface area contributed by atoms with Crippen molar-refractivity contribution in [2.45, 2.75) is 56.6 Å². The van der Waals surface area contributed by atoms with Crippen molar-refractivity contribution in [1.82, 2.24) is 19.7 Å². The second-order valence-electron chi connectivity index (χ2n) is 8.93. The molecule has 1 saturated heterocycles. The van der Waals surface area contributed by atoms with E-state index in [1.54, 1.807) is 0 Å². The Morgan fingerprint density at radius 3 is 2.07 bits per heavy atom. The van der Waals surface area contributed by atoms with Crippen LogP contribution in [0.5, 0.6) is 0 Å². The fraction of sp³-hybridized carbons (Fsp3) is 0.636. The first-order chi connectivity index (χ1) is 20.3. The van der Waals surface area contributed by atoms with Gasteiger partial charge in [-0.2, -0.15) is 0 Å². The summed E-state index contributed by atoms with van der Waals surface area (Å²) in [6.07, 6.45) is -2.39. The number of nitrogens with one attached hydrogen (secondary N) is 3. The molecule has 0 saturated carbocycles. The fourth-order valence-electron chi connectivity index (χ4n) is 3.87. The Morgan fingerprint density at radius 1 is 1.07 bits per heavy atom. The average Bonchev–Trinajstić information content (AvgIpc) is 3.38. The number of rotatable bonds is 15. The van der Waals surface area contributed by atoms with E-state index in [0.29, 0.717) is 0 Å². The maximum atomic E-state index is 14.1. The summed E-state index contributed by atoms with van der Waals surface area (Å²) in [5.74, 6) is -3.92. The van der Waals surface area contributed by atoms with Gasteiger partial charge in [0.15, 0.2) is 0 Å². The van der Waals surface area contributed by atoms with Gasteiger partial charge in [0.2, 0.25) is 0 Å². The normalized spacial score (nSPS) is 19.4. The molecule has 0 aromatic carbocycles. The molecule has 238 valence electrons. The van der Waals surface area contributed by atoms with Gasteiger partial charge in [0.05, 0.1) is 60.0 Å². The third-order valence-corrected chi connectivity index (χ3v) is 7.92. The van der Waals surface area contributed by atoms with Crippen molar-refractivity contribution in [3.05, 3.63) is 43.0 Å². The quantitative estimate of drug-likeness (QED) is 0.0539. The Bertz CT molecular complexity index is 1360. The molecular weight excluding hydrogens is 601 g/mol. The first-order valence-corrected chi connectivity index (χ1v) is 14.0. The average molecular weight is 634 g/mol. The molecule has 1 fully saturated rings. The van der Waals surface area contributed by atoms with Gasteiger partial charge in [-0.15, -0.1) is 0 Å². The van der Waals surface area contributed by atoms with Crippen molar-refractivity contribution < 1.29 is 52.0 Å². The van der Waals surface area contributed by atoms with E-state index in [1.807, 2.05) is 0 Å². The van der Waals surface area contributed by atoms with E-state index in [-0.39, 0.29) is 12.0 Å². The largest absolute Gasteiger partial charge is 0.469 e. The summed E-state index contributed by atoms with van der Waals surface area (Å²) >= 11 is 0. The molecule has 43 heavy (non-hydrogen) atoms. The summed E-state index contributed by atoms with van der Waals surface area (Å²) in [4.78, 5) is 77.8. The van der Waals surface area contributed by atoms with Crippen LogP contribution in [0.4, 0.5) is 0 Å². The summed E-state index contributed by atoms with van der Waals surface area (Å²) in [6, 6.07) is -4.26. The molecular formula is C22H32N7O13P. The molecule has 1 aromatic heterocycles. The molecule has 21 heteroatoms. The van der Waals surface area contributed by atoms with Gasteiger partial charge < -0.3 is 28.2 Å². The lowest BCUT2D eigenvalue weighted by Gasteiger charge is -2.28. The van der Waals surface area contributed by atoms with E-state index in [9.17, 15) is 33.3 Å². The van der Waals surface area contributed by atoms with Crippen LogP contribution in [0.1, 0.15) is 31.1 Å². The monoisotopic (exact) mass is 633 g/mol. The number of esters is 4. The van der Waals surface area contributed by atoms with E-state index in [2.05, 4.69) is 44.1 Å². The van der Waals surface area contributed by atoms with Gasteiger partial charge in [-0.05, 0) is 12.5 Å². The van der Waals surface area contributed by atoms with Gasteiger partial charge in [-0.1, -0.05) is 5.11 Å². The maximum absolute atomic E-state index is 14.1. The number of aryl methyl sites for hydroxylation is 1. The molecule has 2 heterocycles. The number of azide groups is 1. The number of aromatic nitrogens is 2. The fourth-order valence-corrected chi connectivity index (χ4v) is 5.67. The molecule has 0 unspecified atom stereocenters. The molecule has 1 aliphatic rings. The number of methoxy groups -OCH3 is 4. The van der Waals surface area contributed by atoms with Gasteiger partial charge >= 0.3 is 37.2 Å². The second-order valence-corrected chi connectivity index (χ2v) is 10.8. The highest BCUT2D eigenvalue weighted by Gasteiger charge is 2.42. The minimum absolute atomic E-state index is 0.0606. The zero-order valence-corrected chi connectivity index (χ0v) is 24.7. The van der Waals surface area contributed by atoms with Crippen LogP contribution in [0.2, 0.25) is 0 Å². The Morgan fingerprint density at radius 2 is 1.60 bits per heavy atom. The van der Waals surface area contributed by atoms with E-state index >= 15 is 0 Å². The molecule has 0 spiro atoms. The Hall–Kier alpha value is -4.06. The molecule has 0 amide bonds. The lowest BCUT2D eigenvalue weighted by molar-refractivity contribution is -0.149. The van der Waals surface area contributed by atoms with Crippen LogP contribution < -0.4 is 21.4 Å². The highest BCUT2D eigenvalue weighted by molar-refractivity contribution is 7.54. The van der Waals surface area contributed by atoms with Crippen molar-refractivity contribution in [3.63, 3.8) is 0 Å². The van der Waals surface area contributed by atoms with Gasteiger partial charge in [-0.3, -0.25) is 38.1 Å². The summed E-state index contributed by atoms with van der Waals surface area (Å²) in [7, 11) is -0.563. The number of aromatic amines is 1. The van der Waals surface area contributed by atoms with E-state index in [4.69, 9.17) is 14.8 Å². The molecule has 1 aliphatic heterocycles. The SMILES string of the molecule is COC(=O)C[C@H](NP(=O)(N[C@@H](CC(=O)OC)C(=O)OC)OC[C@H]1O[C@@H](n2cc(C)c(=O)[nH]c2=O)C[C@@H]1N=[N+]=[N-])C(=O)OC. The van der Waals surface area contributed by atoms with Crippen molar-refractivity contribution in [3.8, 4) is 0 Å². The van der Waals surface area contributed by atoms with Crippen molar-refractivity contribution in [2.75, 3.05) is 35.0 Å². The lowest BCUT2D eigenvalue weighted by atomic mass is 10.1. The van der Waals surface area contributed by atoms with E-state index < -0.39 is 92.7 Å². The topological polar surface area (TPSA) is 268 Å². The van der Waals surface area contributed by atoms with Crippen molar-refractivity contribution >= 4 is 31.5 Å². The van der Waals surface area contributed by atoms with Crippen LogP contribution in [0.15, 0.2) is 20.9 Å². The summed E-state index contributed by atoms with van der Waals surface area (Å²) in [5.41, 5.74) is 7.85. The lowest BCUT2D eigenvalue weighted by Crippen LogP contribution is -2.46. The minimum Gasteiger partial charge on any atom is -0.469 e. The van der Waals surface area contributed by atoms with Crippen molar-refractivity contribution in [1.29, 1.82) is 0 Å². The summed E-state index contributed by atoms with van der Waals surface area (Å²) in [5, 5.41) is 8.28. The predicted octanol–water partition coefficient (Wildman–Crippen LogP) is -0.675. The van der Waals surface area contributed by atoms with Crippen molar-refractivity contribution in [2.24, 2.45) is 5.11 Å². The molecule has 0 bridgehead atoms. The number of nitrogens with zero attached hydrogens (tertiary/aromatic N) is 4. The third kappa shape index (κ3) is 9.74. The predicted molar refractivity (Wildman–Crippen MR) is 142 cm³/mol. The van der Waals surface area contributed by atoms with Crippen LogP contribution in [-0.2, 0) is 52.0 Å². The standard InChI is InChI=1S/C22H32N7O13P/c1-11-9-29(22(35)24-19(11)32)16-6-12(25-28-23)15(42-16)10-41-43(36,26-13(20(33)39-4)7-17(30)37-2)27-14(21(34)40-5)8-18(31)38-3/h9,12-16H,6-8,10H2,1-5H3,(H,24,32,35)(H2,26,27,36)/t12-,13-,14-,15+,16+/m0/s1. The second kappa shape index (κ2) is 16.0. The van der Waals surface area contributed by atoms with Crippen LogP contribution >= 0.6 is 7.67 Å². The number of hydrogen-bond donors (Lipinski definition) is 3. The molecule has 1 aromatic rings. The Balaban J connectivity index is 2.43. The number of carbonyl (C=O) groups excluding carboxylic acids is 4. The van der Waals surface area contributed by atoms with Crippen LogP contribution in [-0.4, -0.2) is 92.7 Å². The number of hydrogen-bond acceptors (Lipinski definition) is 14. The molecule has 20 nitrogen and oxygen atoms in total. The summed E-state index contributed by atoms with van der Waals surface area (Å²) < 4.78 is 45.1. The zero-order chi connectivity index (χ0) is 32.3. The molecule has 2 rings (SSSR count). The van der Waals surface area contributed by atoms with E-state index in [0.717, 1.165) is 33.0 Å². The first-order valence-electron chi connectivity index (χ1n) is 12.4. The highest BCUT2D eigenvalue weighted by atomic mass is 31.2. The summed E-state index contributed by atoms with van der Waals surface area (Å²) in [6.45, 7) is 0.813. The molecule has 0 aliphatic carbocycles. The van der Waals surface area contributed by atoms with Crippen LogP contribution in [0, 0.1) is 6.92 Å². The van der Waals surface area contributed by atoms with E-state index in [1.165, 1.54) is 13.1 Å². The van der Waals surface area contributed by atoms with Gasteiger partial charge in [0.25, 0.3) is 5.56 Å². The molecule has 0 radical (unpaired) electrons. The maximum Gasteiger partial charge on any atom is 0.342 e. The van der Waals surface area contributed by atoms with Gasteiger partial charge in [0, 0.05) is 23.1 Å². The smallest absolute Gasteiger partial charge is 0.342 e. The number of ether oxygens (including phenoxy) is 5. The molecule has 5 atom stereocenters. The zero-order valence-electron chi connectivity index (χ0n) is 23.8. The Kier molecular flexibility index (Phi) is 13.0. The van der Waals surface area contributed by atoms with Gasteiger partial charge in [0.1, 0.15) is 18.3 Å². The van der Waals surface area contributed by atoms with Crippen LogP contribution in [0.25, 0.3) is 10.4 Å². The first kappa shape index (κ1) is 35.1. The number of carbonyl (C=O) groups is 4. The highest BCUT2D eigenvalue weighted by Crippen LogP contribution is 2.42. The van der Waals surface area contributed by atoms with Gasteiger partial charge in [-0.25, -0.2) is 15.0 Å². The molecule has 3 N–H and O–H groups in total. The minimum atomic E-state index is -4.66.